The molecule has 0 saturated heterocycles. The Morgan fingerprint density at radius 3 is 1.40 bits per heavy atom. The lowest BCUT2D eigenvalue weighted by molar-refractivity contribution is 0.189. The monoisotopic (exact) mass is 270 g/mol. The maximum atomic E-state index is 12.6. The Kier molecular flexibility index (Phi) is 4.80. The van der Waals surface area contributed by atoms with Gasteiger partial charge in [-0.05, 0) is 0 Å². The Hall–Kier alpha value is -1.04. The quantitative estimate of drug-likeness (QED) is 0.434. The second kappa shape index (κ2) is 5.16. The van der Waals surface area contributed by atoms with Crippen molar-refractivity contribution in [2.75, 3.05) is 0 Å². The highest BCUT2D eigenvalue weighted by Gasteiger charge is 2.47. The highest BCUT2D eigenvalue weighted by molar-refractivity contribution is 8.02. The molecule has 12 heteroatoms. The Balaban J connectivity index is 4.65. The number of hydrogen-bond acceptors (Lipinski definition) is 4. The van der Waals surface area contributed by atoms with Gasteiger partial charge in [0.1, 0.15) is 0 Å². The van der Waals surface area contributed by atoms with Gasteiger partial charge in [0.15, 0.2) is 0 Å². The molecule has 0 heterocycles. The van der Waals surface area contributed by atoms with Crippen molar-refractivity contribution in [3.63, 3.8) is 0 Å². The maximum absolute atomic E-state index is 12.6. The summed E-state index contributed by atoms with van der Waals surface area (Å²) in [6, 6.07) is 0. The van der Waals surface area contributed by atoms with E-state index in [9.17, 15) is 35.6 Å². The van der Waals surface area contributed by atoms with Crippen molar-refractivity contribution in [3.05, 3.63) is 0 Å². The normalized spacial score (nSPS) is 15.2. The SMILES string of the molecule is O=C(F)NS(=O)C(F)(F)S(=O)NC(=O)F. The zero-order valence-corrected chi connectivity index (χ0v) is 8.09. The van der Waals surface area contributed by atoms with Gasteiger partial charge in [0.25, 0.3) is 0 Å². The van der Waals surface area contributed by atoms with Gasteiger partial charge in [0.05, 0.1) is 0 Å². The topological polar surface area (TPSA) is 92.3 Å². The van der Waals surface area contributed by atoms with Gasteiger partial charge in [-0.25, -0.2) is 27.5 Å². The second-order valence-corrected chi connectivity index (χ2v) is 4.52. The summed E-state index contributed by atoms with van der Waals surface area (Å²) < 4.78 is 65.4. The molecule has 0 bridgehead atoms. The molecule has 0 aliphatic rings. The van der Waals surface area contributed by atoms with Crippen molar-refractivity contribution < 1.29 is 35.6 Å². The van der Waals surface area contributed by atoms with E-state index in [0.717, 1.165) is 0 Å². The highest BCUT2D eigenvalue weighted by Crippen LogP contribution is 2.20. The van der Waals surface area contributed by atoms with Gasteiger partial charge in [-0.3, -0.25) is 0 Å². The minimum Gasteiger partial charge on any atom is -0.241 e. The molecule has 2 N–H and O–H groups in total. The molecule has 2 unspecified atom stereocenters. The maximum Gasteiger partial charge on any atom is 0.432 e. The molecule has 0 saturated carbocycles. The summed E-state index contributed by atoms with van der Waals surface area (Å²) in [6.07, 6.45) is -5.12. The lowest BCUT2D eigenvalue weighted by atomic mass is 11.4. The van der Waals surface area contributed by atoms with Gasteiger partial charge in [0.2, 0.25) is 22.0 Å². The largest absolute Gasteiger partial charge is 0.432 e. The van der Waals surface area contributed by atoms with Crippen molar-refractivity contribution in [1.29, 1.82) is 0 Å². The second-order valence-electron chi connectivity index (χ2n) is 1.75. The van der Waals surface area contributed by atoms with Crippen LogP contribution >= 0.6 is 0 Å². The van der Waals surface area contributed by atoms with Crippen molar-refractivity contribution in [1.82, 2.24) is 9.44 Å². The third-order valence-electron chi connectivity index (χ3n) is 0.778. The first-order chi connectivity index (χ1) is 6.67. The van der Waals surface area contributed by atoms with Crippen molar-refractivity contribution >= 4 is 34.3 Å². The van der Waals surface area contributed by atoms with Gasteiger partial charge >= 0.3 is 16.9 Å². The molecule has 15 heavy (non-hydrogen) atoms. The first kappa shape index (κ1) is 14.0. The Morgan fingerprint density at radius 1 is 0.933 bits per heavy atom. The number of hydrogen-bond donors (Lipinski definition) is 2. The van der Waals surface area contributed by atoms with E-state index < -0.39 is 38.9 Å². The summed E-state index contributed by atoms with van der Waals surface area (Å²) in [4.78, 5) is 19.2. The lowest BCUT2D eigenvalue weighted by Gasteiger charge is -2.12. The first-order valence-corrected chi connectivity index (χ1v) is 5.11. The van der Waals surface area contributed by atoms with Crippen LogP contribution in [0.5, 0.6) is 0 Å². The molecule has 0 aromatic heterocycles. The number of carbonyl (C=O) groups is 2. The number of alkyl halides is 2. The average molecular weight is 270 g/mol. The zero-order valence-electron chi connectivity index (χ0n) is 6.46. The van der Waals surface area contributed by atoms with Crippen LogP contribution in [-0.2, 0) is 22.0 Å². The predicted molar refractivity (Wildman–Crippen MR) is 40.5 cm³/mol. The van der Waals surface area contributed by atoms with E-state index in [-0.39, 0.29) is 0 Å². The molecule has 0 radical (unpaired) electrons. The number of amides is 2. The molecular weight excluding hydrogens is 268 g/mol. The standard InChI is InChI=1S/C3H2F4N2O4S2/c4-1(10)8-14(12)3(6,7)15(13)9-2(5)11/h(H,8,10)(H,9,11). The fourth-order valence-corrected chi connectivity index (χ4v) is 1.66. The summed E-state index contributed by atoms with van der Waals surface area (Å²) in [5.41, 5.74) is 0. The average Bonchev–Trinajstić information content (AvgIpc) is 2.01. The molecule has 2 atom stereocenters. The number of nitrogens with one attached hydrogen (secondary N) is 2. The van der Waals surface area contributed by atoms with E-state index in [1.807, 2.05) is 0 Å². The molecule has 0 fully saturated rings. The van der Waals surface area contributed by atoms with Gasteiger partial charge < -0.3 is 0 Å². The number of carbonyl (C=O) groups excluding carboxylic acids is 2. The molecule has 6 nitrogen and oxygen atoms in total. The van der Waals surface area contributed by atoms with Crippen LogP contribution in [-0.4, -0.2) is 25.3 Å². The first-order valence-electron chi connectivity index (χ1n) is 2.81. The van der Waals surface area contributed by atoms with Gasteiger partial charge in [0, 0.05) is 0 Å². The zero-order chi connectivity index (χ0) is 12.2. The van der Waals surface area contributed by atoms with Crippen molar-refractivity contribution in [2.45, 2.75) is 4.59 Å². The molecule has 0 aliphatic carbocycles. The van der Waals surface area contributed by atoms with E-state index >= 15 is 0 Å². The van der Waals surface area contributed by atoms with E-state index in [2.05, 4.69) is 0 Å². The van der Waals surface area contributed by atoms with Crippen LogP contribution in [0.2, 0.25) is 0 Å². The molecule has 88 valence electrons. The van der Waals surface area contributed by atoms with E-state index in [4.69, 9.17) is 0 Å². The van der Waals surface area contributed by atoms with Crippen LogP contribution < -0.4 is 9.44 Å². The molecule has 0 aromatic carbocycles. The van der Waals surface area contributed by atoms with Crippen LogP contribution in [0, 0.1) is 0 Å². The Bertz CT molecular complexity index is 304. The molecule has 2 amide bonds. The van der Waals surface area contributed by atoms with Crippen LogP contribution in [0.25, 0.3) is 0 Å². The van der Waals surface area contributed by atoms with Crippen molar-refractivity contribution in [3.8, 4) is 0 Å². The van der Waals surface area contributed by atoms with E-state index in [1.165, 1.54) is 0 Å². The third-order valence-corrected chi connectivity index (χ3v) is 3.24. The third kappa shape index (κ3) is 4.33. The van der Waals surface area contributed by atoms with Gasteiger partial charge in [-0.15, -0.1) is 8.78 Å². The summed E-state index contributed by atoms with van der Waals surface area (Å²) in [7, 11) is -7.39. The molecule has 0 spiro atoms. The molecular formula is C3H2F4N2O4S2. The molecule has 0 aromatic rings. The number of rotatable bonds is 4. The van der Waals surface area contributed by atoms with Crippen LogP contribution in [0.1, 0.15) is 0 Å². The Labute approximate surface area is 84.6 Å². The summed E-state index contributed by atoms with van der Waals surface area (Å²) in [6.45, 7) is 0. The summed E-state index contributed by atoms with van der Waals surface area (Å²) in [5, 5.41) is 0. The van der Waals surface area contributed by atoms with E-state index in [1.54, 1.807) is 0 Å². The fourth-order valence-electron chi connectivity index (χ4n) is 0.333. The minimum atomic E-state index is -4.72. The summed E-state index contributed by atoms with van der Waals surface area (Å²) >= 11 is 0. The highest BCUT2D eigenvalue weighted by atomic mass is 32.3. The number of halogens is 4. The fraction of sp³-hybridized carbons (Fsp3) is 0.333. The van der Waals surface area contributed by atoms with Crippen molar-refractivity contribution in [2.24, 2.45) is 0 Å². The van der Waals surface area contributed by atoms with E-state index in [0.29, 0.717) is 9.44 Å². The van der Waals surface area contributed by atoms with Gasteiger partial charge in [-0.2, -0.15) is 8.78 Å². The lowest BCUT2D eigenvalue weighted by Crippen LogP contribution is -2.44. The summed E-state index contributed by atoms with van der Waals surface area (Å²) in [5.74, 6) is 0. The van der Waals surface area contributed by atoms with Crippen LogP contribution in [0.15, 0.2) is 0 Å². The minimum absolute atomic E-state index is 0.587. The Morgan fingerprint density at radius 2 is 1.20 bits per heavy atom. The van der Waals surface area contributed by atoms with Gasteiger partial charge in [-0.1, -0.05) is 0 Å². The van der Waals surface area contributed by atoms with Crippen LogP contribution in [0.4, 0.5) is 27.2 Å². The molecule has 0 aliphatic heterocycles. The smallest absolute Gasteiger partial charge is 0.241 e. The predicted octanol–water partition coefficient (Wildman–Crippen LogP) is 0.222. The van der Waals surface area contributed by atoms with Crippen LogP contribution in [0.3, 0.4) is 0 Å². The molecule has 0 rings (SSSR count).